The van der Waals surface area contributed by atoms with Gasteiger partial charge < -0.3 is 10.1 Å². The summed E-state index contributed by atoms with van der Waals surface area (Å²) in [6.07, 6.45) is 1.21. The molecule has 1 amide bonds. The Balaban J connectivity index is 2.01. The molecule has 3 rings (SSSR count). The Kier molecular flexibility index (Phi) is 4.20. The molecule has 2 aromatic rings. The highest BCUT2D eigenvalue weighted by molar-refractivity contribution is 5.95. The third-order valence-corrected chi connectivity index (χ3v) is 4.12. The average molecular weight is 307 g/mol. The molecule has 1 aliphatic rings. The number of anilines is 1. The van der Waals surface area contributed by atoms with Crippen LogP contribution in [0, 0.1) is 0 Å². The van der Waals surface area contributed by atoms with Crippen molar-refractivity contribution in [3.63, 3.8) is 0 Å². The van der Waals surface area contributed by atoms with Crippen LogP contribution in [-0.4, -0.2) is 12.0 Å². The number of nitrogens with one attached hydrogen (secondary N) is 1. The van der Waals surface area contributed by atoms with Gasteiger partial charge in [-0.3, -0.25) is 4.79 Å². The van der Waals surface area contributed by atoms with Crippen LogP contribution >= 0.6 is 0 Å². The number of fused-ring (bicyclic) bond motifs is 1. The van der Waals surface area contributed by atoms with E-state index in [1.165, 1.54) is 5.56 Å². The second kappa shape index (κ2) is 6.29. The van der Waals surface area contributed by atoms with Gasteiger partial charge in [-0.25, -0.2) is 0 Å². The predicted octanol–water partition coefficient (Wildman–Crippen LogP) is 4.42. The predicted molar refractivity (Wildman–Crippen MR) is 93.7 cm³/mol. The van der Waals surface area contributed by atoms with E-state index in [2.05, 4.69) is 43.1 Å². The molecule has 1 atom stereocenters. The molecular weight excluding hydrogens is 286 g/mol. The summed E-state index contributed by atoms with van der Waals surface area (Å²) in [4.78, 5) is 11.9. The molecule has 0 aromatic heterocycles. The van der Waals surface area contributed by atoms with E-state index in [-0.39, 0.29) is 12.0 Å². The minimum absolute atomic E-state index is 0.0219. The van der Waals surface area contributed by atoms with Crippen molar-refractivity contribution in [2.75, 3.05) is 5.32 Å². The van der Waals surface area contributed by atoms with Crippen LogP contribution in [0.25, 0.3) is 5.57 Å². The van der Waals surface area contributed by atoms with Crippen LogP contribution in [0.4, 0.5) is 5.69 Å². The number of ether oxygens (including phenoxy) is 1. The summed E-state index contributed by atoms with van der Waals surface area (Å²) in [5.41, 5.74) is 4.88. The van der Waals surface area contributed by atoms with Crippen LogP contribution in [0.3, 0.4) is 0 Å². The molecule has 0 unspecified atom stereocenters. The highest BCUT2D eigenvalue weighted by atomic mass is 16.5. The number of carbonyl (C=O) groups is 1. The first kappa shape index (κ1) is 15.3. The lowest BCUT2D eigenvalue weighted by Crippen LogP contribution is -2.17. The molecule has 3 nitrogen and oxygen atoms in total. The minimum atomic E-state index is -0.160. The molecule has 0 bridgehead atoms. The number of hydrogen-bond donors (Lipinski definition) is 1. The molecular formula is C20H21NO2. The van der Waals surface area contributed by atoms with Crippen molar-refractivity contribution in [1.82, 2.24) is 0 Å². The van der Waals surface area contributed by atoms with Crippen LogP contribution in [0.1, 0.15) is 37.0 Å². The van der Waals surface area contributed by atoms with Gasteiger partial charge in [0.25, 0.3) is 0 Å². The largest absolute Gasteiger partial charge is 0.487 e. The van der Waals surface area contributed by atoms with E-state index in [1.54, 1.807) is 0 Å². The SMILES string of the molecule is C=C(c1ccc(CC)cc1)c1cccc2c1O[C@@H](C)CC(=O)N2. The number of hydrogen-bond acceptors (Lipinski definition) is 2. The standard InChI is InChI=1S/C20H21NO2/c1-4-15-8-10-16(11-9-15)14(3)17-6-5-7-18-20(17)23-13(2)12-19(22)21-18/h5-11,13H,3-4,12H2,1-2H3,(H,21,22)/t13-/m0/s1. The van der Waals surface area contributed by atoms with Crippen molar-refractivity contribution in [2.24, 2.45) is 0 Å². The lowest BCUT2D eigenvalue weighted by molar-refractivity contribution is -0.117. The van der Waals surface area contributed by atoms with Crippen LogP contribution in [0.5, 0.6) is 5.75 Å². The maximum absolute atomic E-state index is 11.9. The number of carbonyl (C=O) groups excluding carboxylic acids is 1. The van der Waals surface area contributed by atoms with E-state index in [1.807, 2.05) is 25.1 Å². The molecule has 1 aliphatic heterocycles. The van der Waals surface area contributed by atoms with Crippen LogP contribution in [-0.2, 0) is 11.2 Å². The first-order valence-electron chi connectivity index (χ1n) is 7.96. The molecule has 1 N–H and O–H groups in total. The molecule has 1 heterocycles. The Morgan fingerprint density at radius 3 is 2.70 bits per heavy atom. The quantitative estimate of drug-likeness (QED) is 0.911. The highest BCUT2D eigenvalue weighted by Crippen LogP contribution is 2.38. The van der Waals surface area contributed by atoms with E-state index in [0.29, 0.717) is 17.9 Å². The van der Waals surface area contributed by atoms with E-state index in [4.69, 9.17) is 4.74 Å². The van der Waals surface area contributed by atoms with Crippen molar-refractivity contribution in [3.8, 4) is 5.75 Å². The van der Waals surface area contributed by atoms with Gasteiger partial charge in [0.05, 0.1) is 12.1 Å². The molecule has 0 spiro atoms. The average Bonchev–Trinajstić information content (AvgIpc) is 2.70. The molecule has 2 aromatic carbocycles. The fourth-order valence-electron chi connectivity index (χ4n) is 2.80. The summed E-state index contributed by atoms with van der Waals surface area (Å²) in [5, 5.41) is 2.91. The normalized spacial score (nSPS) is 16.8. The molecule has 0 aliphatic carbocycles. The topological polar surface area (TPSA) is 38.3 Å². The lowest BCUT2D eigenvalue weighted by atomic mass is 9.97. The van der Waals surface area contributed by atoms with Gasteiger partial charge in [-0.15, -0.1) is 0 Å². The van der Waals surface area contributed by atoms with Gasteiger partial charge in [-0.1, -0.05) is 49.9 Å². The van der Waals surface area contributed by atoms with Gasteiger partial charge in [0.15, 0.2) is 5.75 Å². The van der Waals surface area contributed by atoms with Crippen molar-refractivity contribution < 1.29 is 9.53 Å². The Morgan fingerprint density at radius 1 is 1.26 bits per heavy atom. The molecule has 0 saturated carbocycles. The van der Waals surface area contributed by atoms with Crippen molar-refractivity contribution in [3.05, 3.63) is 65.7 Å². The second-order valence-electron chi connectivity index (χ2n) is 5.89. The fourth-order valence-corrected chi connectivity index (χ4v) is 2.80. The lowest BCUT2D eigenvalue weighted by Gasteiger charge is -2.17. The van der Waals surface area contributed by atoms with E-state index < -0.39 is 0 Å². The van der Waals surface area contributed by atoms with Gasteiger partial charge in [0.1, 0.15) is 6.10 Å². The van der Waals surface area contributed by atoms with E-state index >= 15 is 0 Å². The van der Waals surface area contributed by atoms with E-state index in [0.717, 1.165) is 23.1 Å². The number of para-hydroxylation sites is 1. The van der Waals surface area contributed by atoms with Gasteiger partial charge in [-0.05, 0) is 36.1 Å². The number of amides is 1. The third-order valence-electron chi connectivity index (χ3n) is 4.12. The smallest absolute Gasteiger partial charge is 0.228 e. The second-order valence-corrected chi connectivity index (χ2v) is 5.89. The molecule has 23 heavy (non-hydrogen) atoms. The molecule has 118 valence electrons. The Bertz CT molecular complexity index is 747. The number of benzene rings is 2. The zero-order valence-electron chi connectivity index (χ0n) is 13.6. The third kappa shape index (κ3) is 3.14. The van der Waals surface area contributed by atoms with Crippen LogP contribution < -0.4 is 10.1 Å². The summed E-state index contributed by atoms with van der Waals surface area (Å²) < 4.78 is 6.00. The van der Waals surface area contributed by atoms with Crippen molar-refractivity contribution in [1.29, 1.82) is 0 Å². The highest BCUT2D eigenvalue weighted by Gasteiger charge is 2.22. The van der Waals surface area contributed by atoms with Crippen molar-refractivity contribution in [2.45, 2.75) is 32.8 Å². The zero-order chi connectivity index (χ0) is 16.4. The van der Waals surface area contributed by atoms with Gasteiger partial charge in [0, 0.05) is 5.56 Å². The van der Waals surface area contributed by atoms with Crippen LogP contribution in [0.15, 0.2) is 49.0 Å². The first-order chi connectivity index (χ1) is 11.1. The van der Waals surface area contributed by atoms with Crippen LogP contribution in [0.2, 0.25) is 0 Å². The Hall–Kier alpha value is -2.55. The van der Waals surface area contributed by atoms with Gasteiger partial charge in [-0.2, -0.15) is 0 Å². The zero-order valence-corrected chi connectivity index (χ0v) is 13.6. The number of rotatable bonds is 3. The van der Waals surface area contributed by atoms with E-state index in [9.17, 15) is 4.79 Å². The monoisotopic (exact) mass is 307 g/mol. The molecule has 3 heteroatoms. The summed E-state index contributed by atoms with van der Waals surface area (Å²) in [6, 6.07) is 14.2. The summed E-state index contributed by atoms with van der Waals surface area (Å²) in [5.74, 6) is 0.682. The molecule has 0 fully saturated rings. The maximum Gasteiger partial charge on any atom is 0.228 e. The van der Waals surface area contributed by atoms with Gasteiger partial charge >= 0.3 is 0 Å². The first-order valence-corrected chi connectivity index (χ1v) is 7.96. The summed E-state index contributed by atoms with van der Waals surface area (Å²) in [6.45, 7) is 8.29. The summed E-state index contributed by atoms with van der Waals surface area (Å²) >= 11 is 0. The molecule has 0 saturated heterocycles. The van der Waals surface area contributed by atoms with Gasteiger partial charge in [0.2, 0.25) is 5.91 Å². The number of aryl methyl sites for hydroxylation is 1. The minimum Gasteiger partial charge on any atom is -0.487 e. The molecule has 0 radical (unpaired) electrons. The maximum atomic E-state index is 11.9. The Labute approximate surface area is 137 Å². The fraction of sp³-hybridized carbons (Fsp3) is 0.250. The summed E-state index contributed by atoms with van der Waals surface area (Å²) in [7, 11) is 0. The van der Waals surface area contributed by atoms with Crippen molar-refractivity contribution >= 4 is 17.2 Å². The Morgan fingerprint density at radius 2 is 2.00 bits per heavy atom.